The van der Waals surface area contributed by atoms with Crippen LogP contribution in [0.3, 0.4) is 0 Å². The van der Waals surface area contributed by atoms with Gasteiger partial charge in [0.15, 0.2) is 10.8 Å². The zero-order valence-electron chi connectivity index (χ0n) is 17.8. The lowest BCUT2D eigenvalue weighted by Crippen LogP contribution is -2.33. The van der Waals surface area contributed by atoms with Gasteiger partial charge in [0.05, 0.1) is 17.8 Å². The predicted molar refractivity (Wildman–Crippen MR) is 119 cm³/mol. The van der Waals surface area contributed by atoms with Gasteiger partial charge in [-0.1, -0.05) is 30.0 Å². The van der Waals surface area contributed by atoms with Gasteiger partial charge in [0.1, 0.15) is 11.9 Å². The molecule has 1 aliphatic rings. The molecule has 0 unspecified atom stereocenters. The lowest BCUT2D eigenvalue weighted by Gasteiger charge is -2.33. The Labute approximate surface area is 181 Å². The van der Waals surface area contributed by atoms with Gasteiger partial charge in [0.2, 0.25) is 0 Å². The number of fused-ring (bicyclic) bond motifs is 3. The van der Waals surface area contributed by atoms with Crippen LogP contribution in [0.1, 0.15) is 30.5 Å². The molecule has 0 spiro atoms. The number of rotatable bonds is 6. The number of nitriles is 1. The number of para-hydroxylation sites is 1. The normalized spacial score (nSPS) is 15.2. The first-order chi connectivity index (χ1) is 14.4. The number of thioether (sulfide) groups is 1. The monoisotopic (exact) mass is 422 g/mol. The van der Waals surface area contributed by atoms with Crippen LogP contribution < -0.4 is 5.32 Å². The van der Waals surface area contributed by atoms with Gasteiger partial charge in [0, 0.05) is 30.0 Å². The Morgan fingerprint density at radius 3 is 2.70 bits per heavy atom. The lowest BCUT2D eigenvalue weighted by molar-refractivity contribution is -0.0397. The van der Waals surface area contributed by atoms with Crippen LogP contribution in [-0.4, -0.2) is 51.5 Å². The summed E-state index contributed by atoms with van der Waals surface area (Å²) in [7, 11) is 4.10. The summed E-state index contributed by atoms with van der Waals surface area (Å²) >= 11 is 1.64. The molecular weight excluding hydrogens is 396 g/mol. The Morgan fingerprint density at radius 1 is 1.23 bits per heavy atom. The summed E-state index contributed by atoms with van der Waals surface area (Å²) < 4.78 is 8.03. The highest BCUT2D eigenvalue weighted by atomic mass is 32.2. The fourth-order valence-corrected chi connectivity index (χ4v) is 4.65. The number of ether oxygens (including phenoxy) is 1. The minimum absolute atomic E-state index is 0.329. The standard InChI is InChI=1S/C22H26N6OS/c1-22(2)12-16-17(13-23)19(24-15-8-6-5-7-9-15)28-20(18(16)14-29-22)25-26-21(28)30-11-10-27(3)4/h5-9,24H,10-12,14H2,1-4H3. The third-order valence-electron chi connectivity index (χ3n) is 5.16. The first kappa shape index (κ1) is 20.7. The predicted octanol–water partition coefficient (Wildman–Crippen LogP) is 3.85. The minimum Gasteiger partial charge on any atom is -0.370 e. The van der Waals surface area contributed by atoms with Gasteiger partial charge in [0.25, 0.3) is 0 Å². The number of hydrogen-bond acceptors (Lipinski definition) is 7. The van der Waals surface area contributed by atoms with Crippen LogP contribution in [0.5, 0.6) is 0 Å². The number of anilines is 2. The van der Waals surface area contributed by atoms with Crippen LogP contribution in [0.2, 0.25) is 0 Å². The van der Waals surface area contributed by atoms with Crippen molar-refractivity contribution in [3.05, 3.63) is 47.0 Å². The highest BCUT2D eigenvalue weighted by Crippen LogP contribution is 2.38. The smallest absolute Gasteiger partial charge is 0.197 e. The average molecular weight is 423 g/mol. The van der Waals surface area contributed by atoms with Gasteiger partial charge >= 0.3 is 0 Å². The Balaban J connectivity index is 1.90. The van der Waals surface area contributed by atoms with E-state index < -0.39 is 0 Å². The molecule has 0 atom stereocenters. The molecule has 30 heavy (non-hydrogen) atoms. The molecule has 2 aromatic heterocycles. The number of aromatic nitrogens is 3. The minimum atomic E-state index is -0.329. The van der Waals surface area contributed by atoms with Crippen molar-refractivity contribution in [2.45, 2.75) is 37.6 Å². The van der Waals surface area contributed by atoms with E-state index in [0.29, 0.717) is 24.4 Å². The Bertz CT molecular complexity index is 1100. The molecule has 0 radical (unpaired) electrons. The summed E-state index contributed by atoms with van der Waals surface area (Å²) in [6.45, 7) is 5.46. The second-order valence-corrected chi connectivity index (χ2v) is 9.36. The molecule has 8 heteroatoms. The van der Waals surface area contributed by atoms with Crippen molar-refractivity contribution in [2.24, 2.45) is 0 Å². The van der Waals surface area contributed by atoms with Crippen molar-refractivity contribution < 1.29 is 4.74 Å². The van der Waals surface area contributed by atoms with Crippen molar-refractivity contribution in [3.8, 4) is 6.07 Å². The molecule has 0 bridgehead atoms. The van der Waals surface area contributed by atoms with Crippen LogP contribution in [0.25, 0.3) is 5.65 Å². The number of nitrogens with zero attached hydrogens (tertiary/aromatic N) is 5. The second-order valence-electron chi connectivity index (χ2n) is 8.30. The van der Waals surface area contributed by atoms with E-state index in [1.807, 2.05) is 48.8 Å². The molecule has 1 aliphatic heterocycles. The first-order valence-electron chi connectivity index (χ1n) is 9.96. The van der Waals surface area contributed by atoms with Crippen molar-refractivity contribution >= 4 is 28.9 Å². The van der Waals surface area contributed by atoms with Crippen LogP contribution in [0, 0.1) is 11.3 Å². The molecule has 7 nitrogen and oxygen atoms in total. The Morgan fingerprint density at radius 2 is 2.00 bits per heavy atom. The highest BCUT2D eigenvalue weighted by Gasteiger charge is 2.33. The summed E-state index contributed by atoms with van der Waals surface area (Å²) in [4.78, 5) is 2.14. The summed E-state index contributed by atoms with van der Waals surface area (Å²) in [6.07, 6.45) is 0.654. The van der Waals surface area contributed by atoms with Gasteiger partial charge in [-0.15, -0.1) is 10.2 Å². The maximum atomic E-state index is 10.2. The van der Waals surface area contributed by atoms with Crippen LogP contribution in [0.15, 0.2) is 35.5 Å². The molecule has 1 N–H and O–H groups in total. The van der Waals surface area contributed by atoms with Gasteiger partial charge < -0.3 is 15.0 Å². The largest absolute Gasteiger partial charge is 0.370 e. The van der Waals surface area contributed by atoms with E-state index in [1.165, 1.54) is 0 Å². The zero-order valence-corrected chi connectivity index (χ0v) is 18.6. The topological polar surface area (TPSA) is 78.5 Å². The molecule has 156 valence electrons. The van der Waals surface area contributed by atoms with Gasteiger partial charge in [-0.25, -0.2) is 0 Å². The first-order valence-corrected chi connectivity index (χ1v) is 10.9. The molecule has 0 saturated heterocycles. The van der Waals surface area contributed by atoms with Gasteiger partial charge in [-0.2, -0.15) is 5.26 Å². The van der Waals surface area contributed by atoms with Crippen LogP contribution in [-0.2, 0) is 17.8 Å². The second kappa shape index (κ2) is 8.26. The van der Waals surface area contributed by atoms with E-state index in [4.69, 9.17) is 4.74 Å². The summed E-state index contributed by atoms with van der Waals surface area (Å²) in [6, 6.07) is 12.3. The number of pyridine rings is 1. The van der Waals surface area contributed by atoms with E-state index in [9.17, 15) is 5.26 Å². The van der Waals surface area contributed by atoms with Crippen molar-refractivity contribution in [1.82, 2.24) is 19.5 Å². The maximum Gasteiger partial charge on any atom is 0.197 e. The SMILES string of the molecule is CN(C)CCSc1nnc2c3c(c(C#N)c(Nc4ccccc4)n12)CC(C)(C)OC3. The van der Waals surface area contributed by atoms with Crippen LogP contribution in [0.4, 0.5) is 11.5 Å². The number of nitrogens with one attached hydrogen (secondary N) is 1. The molecule has 3 aromatic rings. The molecule has 0 aliphatic carbocycles. The van der Waals surface area contributed by atoms with Crippen molar-refractivity contribution in [2.75, 3.05) is 31.7 Å². The number of benzene rings is 1. The molecule has 0 amide bonds. The van der Waals surface area contributed by atoms with E-state index in [-0.39, 0.29) is 5.60 Å². The van der Waals surface area contributed by atoms with Crippen LogP contribution >= 0.6 is 11.8 Å². The highest BCUT2D eigenvalue weighted by molar-refractivity contribution is 7.99. The van der Waals surface area contributed by atoms with E-state index in [1.54, 1.807) is 11.8 Å². The number of hydrogen-bond donors (Lipinski definition) is 1. The molecule has 0 fully saturated rings. The lowest BCUT2D eigenvalue weighted by atomic mass is 9.89. The quantitative estimate of drug-likeness (QED) is 0.605. The summed E-state index contributed by atoms with van der Waals surface area (Å²) in [5.74, 6) is 1.59. The Kier molecular flexibility index (Phi) is 5.69. The fraction of sp³-hybridized carbons (Fsp3) is 0.409. The molecule has 3 heterocycles. The maximum absolute atomic E-state index is 10.2. The van der Waals surface area contributed by atoms with Crippen molar-refractivity contribution in [3.63, 3.8) is 0 Å². The van der Waals surface area contributed by atoms with Gasteiger partial charge in [-0.3, -0.25) is 4.40 Å². The third kappa shape index (κ3) is 4.01. The summed E-state index contributed by atoms with van der Waals surface area (Å²) in [5, 5.41) is 23.4. The van der Waals surface area contributed by atoms with E-state index in [0.717, 1.165) is 39.9 Å². The average Bonchev–Trinajstić information content (AvgIpc) is 3.12. The Hall–Kier alpha value is -2.60. The molecule has 4 rings (SSSR count). The fourth-order valence-electron chi connectivity index (χ4n) is 3.61. The van der Waals surface area contributed by atoms with E-state index in [2.05, 4.69) is 40.3 Å². The third-order valence-corrected chi connectivity index (χ3v) is 6.07. The molecule has 0 saturated carbocycles. The molecule has 1 aromatic carbocycles. The molecular formula is C22H26N6OS. The van der Waals surface area contributed by atoms with E-state index >= 15 is 0 Å². The summed E-state index contributed by atoms with van der Waals surface area (Å²) in [5.41, 5.74) is 3.93. The van der Waals surface area contributed by atoms with Gasteiger partial charge in [-0.05, 0) is 45.6 Å². The van der Waals surface area contributed by atoms with Crippen molar-refractivity contribution in [1.29, 1.82) is 5.26 Å². The zero-order chi connectivity index (χ0) is 21.3.